The van der Waals surface area contributed by atoms with Crippen LogP contribution < -0.4 is 0 Å². The SMILES string of the molecule is Brc1ccc([C@@H](c2cn(Cc3ccccc3)nn2)n2ccnc2)cc1. The van der Waals surface area contributed by atoms with Crippen LogP contribution in [-0.4, -0.2) is 24.5 Å². The van der Waals surface area contributed by atoms with Crippen LogP contribution in [0.25, 0.3) is 0 Å². The van der Waals surface area contributed by atoms with Crippen LogP contribution in [-0.2, 0) is 6.54 Å². The Bertz CT molecular complexity index is 930. The summed E-state index contributed by atoms with van der Waals surface area (Å²) in [4.78, 5) is 4.18. The van der Waals surface area contributed by atoms with Crippen molar-refractivity contribution in [2.45, 2.75) is 12.6 Å². The van der Waals surface area contributed by atoms with E-state index >= 15 is 0 Å². The summed E-state index contributed by atoms with van der Waals surface area (Å²) < 4.78 is 4.96. The zero-order valence-electron chi connectivity index (χ0n) is 13.4. The lowest BCUT2D eigenvalue weighted by atomic mass is 10.0. The first-order valence-corrected chi connectivity index (χ1v) is 8.76. The Morgan fingerprint density at radius 1 is 1.00 bits per heavy atom. The highest BCUT2D eigenvalue weighted by molar-refractivity contribution is 9.10. The van der Waals surface area contributed by atoms with E-state index in [2.05, 4.69) is 55.5 Å². The number of hydrogen-bond acceptors (Lipinski definition) is 3. The Labute approximate surface area is 154 Å². The summed E-state index contributed by atoms with van der Waals surface area (Å²) in [5.74, 6) is 0. The minimum Gasteiger partial charge on any atom is -0.324 e. The average Bonchev–Trinajstić information content (AvgIpc) is 3.31. The molecule has 0 unspecified atom stereocenters. The van der Waals surface area contributed by atoms with E-state index in [9.17, 15) is 0 Å². The van der Waals surface area contributed by atoms with Crippen LogP contribution in [0, 0.1) is 0 Å². The van der Waals surface area contributed by atoms with Crippen molar-refractivity contribution in [2.24, 2.45) is 0 Å². The molecule has 2 aromatic carbocycles. The zero-order valence-corrected chi connectivity index (χ0v) is 15.0. The highest BCUT2D eigenvalue weighted by atomic mass is 79.9. The van der Waals surface area contributed by atoms with E-state index in [1.165, 1.54) is 5.56 Å². The lowest BCUT2D eigenvalue weighted by Gasteiger charge is -2.16. The fourth-order valence-corrected chi connectivity index (χ4v) is 3.11. The van der Waals surface area contributed by atoms with Gasteiger partial charge in [0.1, 0.15) is 11.7 Å². The second kappa shape index (κ2) is 7.03. The third-order valence-corrected chi connectivity index (χ3v) is 4.56. The zero-order chi connectivity index (χ0) is 17.1. The Balaban J connectivity index is 1.67. The molecule has 2 aromatic heterocycles. The molecule has 0 N–H and O–H groups in total. The van der Waals surface area contributed by atoms with Crippen molar-refractivity contribution in [3.63, 3.8) is 0 Å². The number of aromatic nitrogens is 5. The molecule has 4 rings (SSSR count). The van der Waals surface area contributed by atoms with E-state index < -0.39 is 0 Å². The number of hydrogen-bond donors (Lipinski definition) is 0. The summed E-state index contributed by atoms with van der Waals surface area (Å²) in [6.45, 7) is 0.699. The highest BCUT2D eigenvalue weighted by Gasteiger charge is 2.19. The van der Waals surface area contributed by atoms with E-state index in [4.69, 9.17) is 0 Å². The molecule has 0 aliphatic rings. The summed E-state index contributed by atoms with van der Waals surface area (Å²) in [7, 11) is 0. The largest absolute Gasteiger partial charge is 0.324 e. The molecule has 0 saturated heterocycles. The van der Waals surface area contributed by atoms with Crippen LogP contribution in [0.3, 0.4) is 0 Å². The second-order valence-electron chi connectivity index (χ2n) is 5.79. The van der Waals surface area contributed by atoms with Gasteiger partial charge in [0.05, 0.1) is 19.1 Å². The van der Waals surface area contributed by atoms with Crippen LogP contribution in [0.15, 0.2) is 84.0 Å². The van der Waals surface area contributed by atoms with Crippen molar-refractivity contribution < 1.29 is 0 Å². The van der Waals surface area contributed by atoms with E-state index in [1.54, 1.807) is 6.20 Å². The topological polar surface area (TPSA) is 48.5 Å². The number of imidazole rings is 1. The van der Waals surface area contributed by atoms with Gasteiger partial charge < -0.3 is 4.57 Å². The molecule has 0 aliphatic carbocycles. The molecule has 0 bridgehead atoms. The maximum atomic E-state index is 4.42. The molecular weight excluding hydrogens is 378 g/mol. The van der Waals surface area contributed by atoms with E-state index in [0.717, 1.165) is 15.7 Å². The lowest BCUT2D eigenvalue weighted by molar-refractivity contribution is 0.640. The van der Waals surface area contributed by atoms with Crippen LogP contribution in [0.5, 0.6) is 0 Å². The monoisotopic (exact) mass is 393 g/mol. The van der Waals surface area contributed by atoms with Gasteiger partial charge in [0.25, 0.3) is 0 Å². The van der Waals surface area contributed by atoms with Crippen molar-refractivity contribution in [1.82, 2.24) is 24.5 Å². The van der Waals surface area contributed by atoms with Gasteiger partial charge in [-0.15, -0.1) is 5.10 Å². The van der Waals surface area contributed by atoms with Crippen molar-refractivity contribution >= 4 is 15.9 Å². The van der Waals surface area contributed by atoms with E-state index in [0.29, 0.717) is 6.54 Å². The van der Waals surface area contributed by atoms with Crippen molar-refractivity contribution in [2.75, 3.05) is 0 Å². The normalized spacial score (nSPS) is 12.2. The van der Waals surface area contributed by atoms with Gasteiger partial charge in [-0.2, -0.15) is 0 Å². The van der Waals surface area contributed by atoms with E-state index in [-0.39, 0.29) is 6.04 Å². The smallest absolute Gasteiger partial charge is 0.110 e. The molecule has 0 spiro atoms. The molecule has 1 atom stereocenters. The molecular formula is C19H16BrN5. The molecule has 0 aliphatic heterocycles. The molecule has 2 heterocycles. The number of rotatable bonds is 5. The molecule has 0 amide bonds. The summed E-state index contributed by atoms with van der Waals surface area (Å²) in [5, 5.41) is 8.73. The highest BCUT2D eigenvalue weighted by Crippen LogP contribution is 2.26. The van der Waals surface area contributed by atoms with Gasteiger partial charge >= 0.3 is 0 Å². The summed E-state index contributed by atoms with van der Waals surface area (Å²) in [6, 6.07) is 18.4. The Hall–Kier alpha value is -2.73. The Morgan fingerprint density at radius 3 is 2.52 bits per heavy atom. The minimum atomic E-state index is -0.0554. The molecule has 0 saturated carbocycles. The van der Waals surface area contributed by atoms with Crippen LogP contribution in [0.1, 0.15) is 22.9 Å². The maximum absolute atomic E-state index is 4.42. The van der Waals surface area contributed by atoms with Gasteiger partial charge in [0.15, 0.2) is 0 Å². The predicted molar refractivity (Wildman–Crippen MR) is 99.2 cm³/mol. The lowest BCUT2D eigenvalue weighted by Crippen LogP contribution is -2.11. The average molecular weight is 394 g/mol. The maximum Gasteiger partial charge on any atom is 0.110 e. The molecule has 25 heavy (non-hydrogen) atoms. The summed E-state index contributed by atoms with van der Waals surface area (Å²) in [6.07, 6.45) is 7.53. The predicted octanol–water partition coefficient (Wildman–Crippen LogP) is 3.92. The second-order valence-corrected chi connectivity index (χ2v) is 6.71. The van der Waals surface area contributed by atoms with Gasteiger partial charge in [-0.1, -0.05) is 63.6 Å². The standard InChI is InChI=1S/C19H16BrN5/c20-17-8-6-16(7-9-17)19(24-11-10-21-14-24)18-13-25(23-22-18)12-15-4-2-1-3-5-15/h1-11,13-14,19H,12H2/t19-/m0/s1. The van der Waals surface area contributed by atoms with Gasteiger partial charge in [0, 0.05) is 16.9 Å². The first-order chi connectivity index (χ1) is 12.3. The van der Waals surface area contributed by atoms with Crippen molar-refractivity contribution in [3.8, 4) is 0 Å². The van der Waals surface area contributed by atoms with Crippen LogP contribution in [0.4, 0.5) is 0 Å². The molecule has 4 aromatic rings. The quantitative estimate of drug-likeness (QED) is 0.516. The fourth-order valence-electron chi connectivity index (χ4n) is 2.85. The number of halogens is 1. The Kier molecular flexibility index (Phi) is 4.43. The first-order valence-electron chi connectivity index (χ1n) is 7.96. The molecule has 124 valence electrons. The third-order valence-electron chi connectivity index (χ3n) is 4.03. The van der Waals surface area contributed by atoms with Gasteiger partial charge in [-0.25, -0.2) is 9.67 Å². The van der Waals surface area contributed by atoms with Gasteiger partial charge in [-0.3, -0.25) is 0 Å². The fraction of sp³-hybridized carbons (Fsp3) is 0.105. The molecule has 0 fully saturated rings. The molecule has 0 radical (unpaired) electrons. The summed E-state index contributed by atoms with van der Waals surface area (Å²) >= 11 is 3.49. The third kappa shape index (κ3) is 3.53. The van der Waals surface area contributed by atoms with Crippen molar-refractivity contribution in [3.05, 3.63) is 101 Å². The van der Waals surface area contributed by atoms with E-state index in [1.807, 2.05) is 58.3 Å². The van der Waals surface area contributed by atoms with Crippen LogP contribution in [0.2, 0.25) is 0 Å². The van der Waals surface area contributed by atoms with Gasteiger partial charge in [0.2, 0.25) is 0 Å². The van der Waals surface area contributed by atoms with Crippen LogP contribution >= 0.6 is 15.9 Å². The van der Waals surface area contributed by atoms with Gasteiger partial charge in [-0.05, 0) is 23.3 Å². The molecule has 6 heteroatoms. The molecule has 5 nitrogen and oxygen atoms in total. The summed E-state index contributed by atoms with van der Waals surface area (Å²) in [5.41, 5.74) is 3.21. The van der Waals surface area contributed by atoms with Crippen molar-refractivity contribution in [1.29, 1.82) is 0 Å². The Morgan fingerprint density at radius 2 is 1.80 bits per heavy atom. The minimum absolute atomic E-state index is 0.0554. The number of nitrogens with zero attached hydrogens (tertiary/aromatic N) is 5. The number of benzene rings is 2. The first kappa shape index (κ1) is 15.8.